The Labute approximate surface area is 156 Å². The molecule has 2 aromatic carbocycles. The molecule has 0 radical (unpaired) electrons. The van der Waals surface area contributed by atoms with Crippen molar-refractivity contribution < 1.29 is 32.8 Å². The Morgan fingerprint density at radius 3 is 2.37 bits per heavy atom. The molecule has 2 N–H and O–H groups in total. The maximum Gasteiger partial charge on any atom is 0.205 e. The van der Waals surface area contributed by atoms with E-state index in [9.17, 15) is 8.42 Å². The number of hydrogen-bond donors (Lipinski definition) is 2. The highest BCUT2D eigenvalue weighted by molar-refractivity contribution is 7.92. The number of ether oxygens (including phenoxy) is 3. The molecule has 0 aromatic heterocycles. The lowest BCUT2D eigenvalue weighted by molar-refractivity contribution is 0.0741. The van der Waals surface area contributed by atoms with E-state index >= 15 is 0 Å². The molecule has 2 aromatic rings. The lowest BCUT2D eigenvalue weighted by Crippen LogP contribution is -2.24. The third kappa shape index (κ3) is 3.90. The Balaban J connectivity index is 1.95. The van der Waals surface area contributed by atoms with Gasteiger partial charge in [0.05, 0.1) is 4.90 Å². The lowest BCUT2D eigenvalue weighted by atomic mass is 10.1. The minimum Gasteiger partial charge on any atom is -0.472 e. The first-order chi connectivity index (χ1) is 13.0. The zero-order valence-corrected chi connectivity index (χ0v) is 15.3. The quantitative estimate of drug-likeness (QED) is 0.686. The van der Waals surface area contributed by atoms with Gasteiger partial charge in [-0.3, -0.25) is 0 Å². The summed E-state index contributed by atoms with van der Waals surface area (Å²) in [4.78, 5) is 4.15. The third-order valence-corrected chi connectivity index (χ3v) is 6.01. The van der Waals surface area contributed by atoms with E-state index in [4.69, 9.17) is 24.4 Å². The number of aliphatic imine (C=N–C) groups is 1. The van der Waals surface area contributed by atoms with Gasteiger partial charge in [-0.15, -0.1) is 0 Å². The molecule has 27 heavy (non-hydrogen) atoms. The molecular formula is C18H19NO7S. The summed E-state index contributed by atoms with van der Waals surface area (Å²) in [5.41, 5.74) is 1.42. The normalized spacial score (nSPS) is 18.9. The minimum absolute atomic E-state index is 0.144. The Hall–Kier alpha value is -2.62. The molecule has 144 valence electrons. The number of nitrogens with zero attached hydrogens (tertiary/aromatic N) is 1. The van der Waals surface area contributed by atoms with Crippen LogP contribution in [-0.2, 0) is 14.6 Å². The van der Waals surface area contributed by atoms with E-state index in [2.05, 4.69) is 4.99 Å². The highest BCUT2D eigenvalue weighted by Gasteiger charge is 2.40. The molecule has 0 aliphatic carbocycles. The van der Waals surface area contributed by atoms with E-state index in [0.717, 1.165) is 12.0 Å². The Kier molecular flexibility index (Phi) is 5.64. The molecule has 0 unspecified atom stereocenters. The molecule has 9 heteroatoms. The van der Waals surface area contributed by atoms with E-state index < -0.39 is 34.9 Å². The summed E-state index contributed by atoms with van der Waals surface area (Å²) in [5.74, 6) is 0.346. The molecule has 8 nitrogen and oxygen atoms in total. The van der Waals surface area contributed by atoms with E-state index in [1.54, 1.807) is 18.2 Å². The van der Waals surface area contributed by atoms with E-state index in [1.165, 1.54) is 24.3 Å². The largest absolute Gasteiger partial charge is 0.472 e. The summed E-state index contributed by atoms with van der Waals surface area (Å²) in [6.45, 7) is 0.682. The lowest BCUT2D eigenvalue weighted by Gasteiger charge is -2.19. The van der Waals surface area contributed by atoms with Crippen LogP contribution in [0.15, 0.2) is 52.4 Å². The average Bonchev–Trinajstić information content (AvgIpc) is 3.15. The summed E-state index contributed by atoms with van der Waals surface area (Å²) in [6, 6.07) is 11.1. The molecular weight excluding hydrogens is 374 g/mol. The van der Waals surface area contributed by atoms with E-state index in [1.807, 2.05) is 6.92 Å². The molecule has 1 aliphatic rings. The van der Waals surface area contributed by atoms with Gasteiger partial charge in [0.1, 0.15) is 0 Å². The predicted molar refractivity (Wildman–Crippen MR) is 96.3 cm³/mol. The molecule has 1 heterocycles. The number of aliphatic hydroxyl groups excluding tert-OH is 2. The van der Waals surface area contributed by atoms with Crippen LogP contribution < -0.4 is 9.47 Å². The van der Waals surface area contributed by atoms with Gasteiger partial charge in [-0.1, -0.05) is 23.8 Å². The Morgan fingerprint density at radius 2 is 1.70 bits per heavy atom. The fourth-order valence-corrected chi connectivity index (χ4v) is 4.28. The molecule has 1 aliphatic heterocycles. The molecule has 2 atom stereocenters. The zero-order chi connectivity index (χ0) is 19.4. The van der Waals surface area contributed by atoms with Crippen LogP contribution in [0.25, 0.3) is 0 Å². The summed E-state index contributed by atoms with van der Waals surface area (Å²) < 4.78 is 41.5. The number of aliphatic hydroxyl groups is 2. The summed E-state index contributed by atoms with van der Waals surface area (Å²) >= 11 is 0. The summed E-state index contributed by atoms with van der Waals surface area (Å²) in [6.07, 6.45) is 0.228. The summed E-state index contributed by atoms with van der Waals surface area (Å²) in [7, 11) is -3.78. The second kappa shape index (κ2) is 7.95. The number of rotatable bonds is 7. The van der Waals surface area contributed by atoms with Gasteiger partial charge < -0.3 is 24.4 Å². The average molecular weight is 393 g/mol. The Bertz CT molecular complexity index is 925. The zero-order valence-electron chi connectivity index (χ0n) is 14.5. The second-order valence-electron chi connectivity index (χ2n) is 5.81. The molecule has 0 spiro atoms. The van der Waals surface area contributed by atoms with Crippen LogP contribution in [-0.4, -0.2) is 44.0 Å². The van der Waals surface area contributed by atoms with Gasteiger partial charge in [-0.2, -0.15) is 0 Å². The van der Waals surface area contributed by atoms with Crippen molar-refractivity contribution in [1.29, 1.82) is 0 Å². The van der Waals surface area contributed by atoms with Crippen molar-refractivity contribution in [2.45, 2.75) is 23.3 Å². The number of sulfone groups is 1. The SMILES string of the molecule is Cc1ccc(S(=O)(=O)[C@H]2N=CO[C@@H]2c2ccc(OCO)c(OCO)c2)cc1. The molecule has 0 bridgehead atoms. The van der Waals surface area contributed by atoms with Crippen LogP contribution in [0.2, 0.25) is 0 Å². The minimum atomic E-state index is -3.78. The first-order valence-electron chi connectivity index (χ1n) is 8.06. The van der Waals surface area contributed by atoms with Gasteiger partial charge in [0.2, 0.25) is 9.84 Å². The van der Waals surface area contributed by atoms with Crippen molar-refractivity contribution in [1.82, 2.24) is 0 Å². The maximum atomic E-state index is 13.0. The second-order valence-corrected chi connectivity index (χ2v) is 7.86. The highest BCUT2D eigenvalue weighted by Crippen LogP contribution is 2.37. The van der Waals surface area contributed by atoms with E-state index in [-0.39, 0.29) is 16.4 Å². The fraction of sp³-hybridized carbons (Fsp3) is 0.278. The van der Waals surface area contributed by atoms with Crippen LogP contribution in [0, 0.1) is 6.92 Å². The van der Waals surface area contributed by atoms with Gasteiger partial charge >= 0.3 is 0 Å². The van der Waals surface area contributed by atoms with Crippen molar-refractivity contribution >= 4 is 16.2 Å². The van der Waals surface area contributed by atoms with Gasteiger partial charge in [0, 0.05) is 0 Å². The monoisotopic (exact) mass is 393 g/mol. The smallest absolute Gasteiger partial charge is 0.205 e. The van der Waals surface area contributed by atoms with Crippen LogP contribution in [0.5, 0.6) is 11.5 Å². The highest BCUT2D eigenvalue weighted by atomic mass is 32.2. The van der Waals surface area contributed by atoms with Gasteiger partial charge in [-0.05, 0) is 36.8 Å². The van der Waals surface area contributed by atoms with Crippen molar-refractivity contribution in [3.8, 4) is 11.5 Å². The van der Waals surface area contributed by atoms with Gasteiger partial charge in [0.25, 0.3) is 0 Å². The van der Waals surface area contributed by atoms with Crippen LogP contribution in [0.3, 0.4) is 0 Å². The molecule has 0 saturated carbocycles. The van der Waals surface area contributed by atoms with Crippen molar-refractivity contribution in [2.75, 3.05) is 13.6 Å². The Morgan fingerprint density at radius 1 is 1.04 bits per heavy atom. The predicted octanol–water partition coefficient (Wildman–Crippen LogP) is 1.55. The fourth-order valence-electron chi connectivity index (χ4n) is 2.73. The number of benzene rings is 2. The molecule has 3 rings (SSSR count). The first kappa shape index (κ1) is 19.2. The first-order valence-corrected chi connectivity index (χ1v) is 9.61. The van der Waals surface area contributed by atoms with Gasteiger partial charge in [0.15, 0.2) is 43.0 Å². The number of hydrogen-bond acceptors (Lipinski definition) is 8. The van der Waals surface area contributed by atoms with Crippen molar-refractivity contribution in [3.63, 3.8) is 0 Å². The molecule has 0 saturated heterocycles. The summed E-state index contributed by atoms with van der Waals surface area (Å²) in [5, 5.41) is 16.8. The maximum absolute atomic E-state index is 13.0. The molecule has 0 amide bonds. The van der Waals surface area contributed by atoms with Crippen LogP contribution in [0.4, 0.5) is 0 Å². The van der Waals surface area contributed by atoms with Crippen LogP contribution >= 0.6 is 0 Å². The number of aryl methyl sites for hydroxylation is 1. The van der Waals surface area contributed by atoms with Crippen LogP contribution in [0.1, 0.15) is 17.2 Å². The van der Waals surface area contributed by atoms with Crippen molar-refractivity contribution in [2.24, 2.45) is 4.99 Å². The topological polar surface area (TPSA) is 115 Å². The standard InChI is InChI=1S/C18H19NO7S/c1-12-2-5-14(6-3-12)27(22,23)18-17(24-9-19-18)13-4-7-15(25-10-20)16(8-13)26-11-21/h2-9,17-18,20-21H,10-11H2,1H3/t17-,18-/m1/s1. The van der Waals surface area contributed by atoms with E-state index in [0.29, 0.717) is 5.56 Å². The van der Waals surface area contributed by atoms with Crippen molar-refractivity contribution in [3.05, 3.63) is 53.6 Å². The van der Waals surface area contributed by atoms with Gasteiger partial charge in [-0.25, -0.2) is 13.4 Å². The molecule has 0 fully saturated rings. The third-order valence-electron chi connectivity index (χ3n) is 4.08.